The number of carbonyl (C=O) groups is 1. The lowest BCUT2D eigenvalue weighted by Crippen LogP contribution is -2.33. The van der Waals surface area contributed by atoms with Crippen molar-refractivity contribution in [3.8, 4) is 0 Å². The van der Waals surface area contributed by atoms with Crippen molar-refractivity contribution in [2.75, 3.05) is 6.61 Å². The van der Waals surface area contributed by atoms with Crippen LogP contribution in [0.5, 0.6) is 0 Å². The van der Waals surface area contributed by atoms with Crippen molar-refractivity contribution in [1.29, 1.82) is 0 Å². The van der Waals surface area contributed by atoms with E-state index in [9.17, 15) is 4.79 Å². The summed E-state index contributed by atoms with van der Waals surface area (Å²) in [6.07, 6.45) is 17.7. The Kier molecular flexibility index (Phi) is 12.0. The second-order valence-corrected chi connectivity index (χ2v) is 11.8. The van der Waals surface area contributed by atoms with Gasteiger partial charge >= 0.3 is 5.97 Å². The number of rotatable bonds is 5. The first kappa shape index (κ1) is 30.8. The summed E-state index contributed by atoms with van der Waals surface area (Å²) in [4.78, 5) is 12.9. The summed E-state index contributed by atoms with van der Waals surface area (Å²) in [6, 6.07) is 0. The second kappa shape index (κ2) is 15.2. The maximum absolute atomic E-state index is 12.9. The van der Waals surface area contributed by atoms with Gasteiger partial charge in [-0.2, -0.15) is 0 Å². The molecule has 0 spiro atoms. The zero-order valence-corrected chi connectivity index (χ0v) is 25.4. The summed E-state index contributed by atoms with van der Waals surface area (Å²) in [7, 11) is 4.69. The highest BCUT2D eigenvalue weighted by molar-refractivity contribution is 7.10. The van der Waals surface area contributed by atoms with Crippen molar-refractivity contribution in [2.45, 2.75) is 108 Å². The maximum Gasteiger partial charge on any atom is 0.330 e. The van der Waals surface area contributed by atoms with Gasteiger partial charge in [-0.3, -0.25) is 0 Å². The first-order valence-corrected chi connectivity index (χ1v) is 15.0. The first-order chi connectivity index (χ1) is 18.8. The molecule has 39 heavy (non-hydrogen) atoms. The van der Waals surface area contributed by atoms with E-state index in [0.29, 0.717) is 31.8 Å². The number of hydrogen-bond acceptors (Lipinski definition) is 7. The fraction of sp³-hybridized carbons (Fsp3) is 0.633. The molecule has 0 N–H and O–H groups in total. The molecule has 0 aromatic rings. The Morgan fingerprint density at radius 1 is 1.13 bits per heavy atom. The Labute approximate surface area is 238 Å². The summed E-state index contributed by atoms with van der Waals surface area (Å²) in [5.41, 5.74) is 2.44. The third kappa shape index (κ3) is 9.71. The van der Waals surface area contributed by atoms with E-state index < -0.39 is 18.2 Å². The van der Waals surface area contributed by atoms with Gasteiger partial charge in [-0.15, -0.1) is 0 Å². The van der Waals surface area contributed by atoms with Crippen molar-refractivity contribution in [3.05, 3.63) is 60.3 Å². The van der Waals surface area contributed by atoms with Crippen LogP contribution in [0, 0.1) is 5.92 Å². The zero-order valence-electron chi connectivity index (χ0n) is 23.1. The quantitative estimate of drug-likeness (QED) is 0.178. The highest BCUT2D eigenvalue weighted by Crippen LogP contribution is 2.37. The monoisotopic (exact) mass is 578 g/mol. The molecule has 0 amide bonds. The molecule has 216 valence electrons. The number of carbonyl (C=O) groups excluding carboxylic acids is 1. The van der Waals surface area contributed by atoms with Crippen molar-refractivity contribution in [1.82, 2.24) is 0 Å². The molecule has 0 aromatic heterocycles. The highest BCUT2D eigenvalue weighted by atomic mass is 31.0. The molecule has 3 unspecified atom stereocenters. The van der Waals surface area contributed by atoms with Gasteiger partial charge in [0, 0.05) is 31.4 Å². The molecule has 7 nitrogen and oxygen atoms in total. The lowest BCUT2D eigenvalue weighted by molar-refractivity contribution is -0.146. The van der Waals surface area contributed by atoms with Crippen LogP contribution in [0.25, 0.3) is 0 Å². The standard InChI is InChI=1S/C30H44O7P2/c1-19-12-13-32-23(15-19)10-11-25(36-38)26-18-27-30(35-27)28(37-39)17-21(3)14-20(2)16-24-8-4-6-22(33-24)7-5-9-29(31)34-26/h4-6,9-12,20,22-28,30H,3,7-8,13-18,38-39H2,1-2H3/b9-5-,11-10+/t20-,22-,23+,24-,25-,26-,27-,28?,30+/m0/s1. The molecule has 0 aliphatic carbocycles. The Balaban J connectivity index is 1.49. The van der Waals surface area contributed by atoms with Gasteiger partial charge in [0.05, 0.1) is 37.1 Å². The minimum atomic E-state index is -0.548. The van der Waals surface area contributed by atoms with Crippen LogP contribution in [0.1, 0.15) is 58.8 Å². The van der Waals surface area contributed by atoms with Crippen LogP contribution in [0.2, 0.25) is 0 Å². The van der Waals surface area contributed by atoms with Crippen LogP contribution in [0.4, 0.5) is 0 Å². The summed E-state index contributed by atoms with van der Waals surface area (Å²) < 4.78 is 35.6. The minimum Gasteiger partial charge on any atom is -0.456 e. The van der Waals surface area contributed by atoms with Gasteiger partial charge in [-0.25, -0.2) is 4.79 Å². The predicted molar refractivity (Wildman–Crippen MR) is 158 cm³/mol. The van der Waals surface area contributed by atoms with Gasteiger partial charge in [0.25, 0.3) is 0 Å². The number of hydrogen-bond donors (Lipinski definition) is 0. The third-order valence-corrected chi connectivity index (χ3v) is 8.39. The van der Waals surface area contributed by atoms with Crippen molar-refractivity contribution in [3.63, 3.8) is 0 Å². The average molecular weight is 579 g/mol. The van der Waals surface area contributed by atoms with Crippen LogP contribution in [-0.2, 0) is 32.8 Å². The molecule has 1 saturated heterocycles. The lowest BCUT2D eigenvalue weighted by atomic mass is 9.91. The molecular formula is C30H44O7P2. The molecule has 9 heteroatoms. The van der Waals surface area contributed by atoms with Crippen LogP contribution in [0.15, 0.2) is 60.3 Å². The maximum atomic E-state index is 12.9. The van der Waals surface area contributed by atoms with Gasteiger partial charge in [0.15, 0.2) is 0 Å². The molecule has 11 atom stereocenters. The van der Waals surface area contributed by atoms with E-state index in [1.165, 1.54) is 11.6 Å². The SMILES string of the molecule is C=C1CC(OP)[C@@H]2O[C@H]2C[C@@H]([C@H](/C=C/[C@@H]2CC(C)=CCO2)OP)OC(=O)/C=C\C[C@@H]2C=CC[C@@H](C[C@@H](C)C1)O2. The van der Waals surface area contributed by atoms with Gasteiger partial charge in [-0.05, 0) is 51.4 Å². The van der Waals surface area contributed by atoms with Gasteiger partial charge in [0.1, 0.15) is 18.3 Å². The van der Waals surface area contributed by atoms with Crippen molar-refractivity contribution < 1.29 is 32.8 Å². The Morgan fingerprint density at radius 3 is 2.74 bits per heavy atom. The van der Waals surface area contributed by atoms with E-state index in [-0.39, 0.29) is 36.6 Å². The number of fused-ring (bicyclic) bond motifs is 3. The number of esters is 1. The van der Waals surface area contributed by atoms with Gasteiger partial charge < -0.3 is 28.0 Å². The smallest absolute Gasteiger partial charge is 0.330 e. The van der Waals surface area contributed by atoms with Crippen LogP contribution >= 0.6 is 18.9 Å². The first-order valence-electron chi connectivity index (χ1n) is 14.0. The van der Waals surface area contributed by atoms with Crippen molar-refractivity contribution >= 4 is 24.9 Å². The van der Waals surface area contributed by atoms with E-state index in [1.807, 2.05) is 18.2 Å². The topological polar surface area (TPSA) is 75.8 Å². The fourth-order valence-corrected chi connectivity index (χ4v) is 6.19. The fourth-order valence-electron chi connectivity index (χ4n) is 5.68. The highest BCUT2D eigenvalue weighted by Gasteiger charge is 2.47. The molecule has 1 fully saturated rings. The largest absolute Gasteiger partial charge is 0.456 e. The molecule has 0 saturated carbocycles. The molecule has 4 aliphatic rings. The molecule has 4 rings (SSSR count). The summed E-state index contributed by atoms with van der Waals surface area (Å²) in [6.45, 7) is 9.29. The summed E-state index contributed by atoms with van der Waals surface area (Å²) >= 11 is 0. The normalized spacial score (nSPS) is 38.2. The molecule has 2 bridgehead atoms. The average Bonchev–Trinajstić information content (AvgIpc) is 3.66. The second-order valence-electron chi connectivity index (χ2n) is 11.2. The lowest BCUT2D eigenvalue weighted by Gasteiger charge is -2.28. The predicted octanol–water partition coefficient (Wildman–Crippen LogP) is 5.73. The van der Waals surface area contributed by atoms with E-state index in [4.69, 9.17) is 28.0 Å². The molecule has 0 aromatic carbocycles. The van der Waals surface area contributed by atoms with E-state index in [1.54, 1.807) is 0 Å². The molecule has 4 aliphatic heterocycles. The molecule has 4 heterocycles. The third-order valence-electron chi connectivity index (χ3n) is 7.73. The van der Waals surface area contributed by atoms with E-state index in [2.05, 4.69) is 57.6 Å². The Morgan fingerprint density at radius 2 is 1.97 bits per heavy atom. The molecule has 0 radical (unpaired) electrons. The van der Waals surface area contributed by atoms with Crippen LogP contribution in [0.3, 0.4) is 0 Å². The van der Waals surface area contributed by atoms with Crippen LogP contribution < -0.4 is 0 Å². The minimum absolute atomic E-state index is 0.0342. The van der Waals surface area contributed by atoms with E-state index >= 15 is 0 Å². The number of cyclic esters (lactones) is 1. The Bertz CT molecular complexity index is 961. The van der Waals surface area contributed by atoms with Crippen molar-refractivity contribution in [2.24, 2.45) is 5.92 Å². The van der Waals surface area contributed by atoms with Gasteiger partial charge in [-0.1, -0.05) is 61.1 Å². The van der Waals surface area contributed by atoms with Crippen LogP contribution in [-0.4, -0.2) is 61.4 Å². The van der Waals surface area contributed by atoms with Gasteiger partial charge in [0.2, 0.25) is 0 Å². The van der Waals surface area contributed by atoms with E-state index in [0.717, 1.165) is 31.3 Å². The Hall–Kier alpha value is -1.17. The summed E-state index contributed by atoms with van der Waals surface area (Å²) in [5.74, 6) is 0.0346. The number of epoxide rings is 1. The molecular weight excluding hydrogens is 534 g/mol. The summed E-state index contributed by atoms with van der Waals surface area (Å²) in [5, 5.41) is 0. The zero-order chi connectivity index (χ0) is 27.8. The number of ether oxygens (including phenoxy) is 4.